The fourth-order valence-corrected chi connectivity index (χ4v) is 8.49. The minimum absolute atomic E-state index is 0.00120. The van der Waals surface area contributed by atoms with Gasteiger partial charge in [-0.3, -0.25) is 4.99 Å². The van der Waals surface area contributed by atoms with E-state index in [0.29, 0.717) is 5.42 Å². The van der Waals surface area contributed by atoms with Crippen LogP contribution in [-0.2, 0) is 0 Å². The van der Waals surface area contributed by atoms with Gasteiger partial charge in [-0.15, -0.1) is 11.3 Å². The number of rotatable bonds is 7. The lowest BCUT2D eigenvalue weighted by Gasteiger charge is -2.33. The molecule has 1 aliphatic heterocycles. The molecule has 0 saturated heterocycles. The Bertz CT molecular complexity index is 2420. The van der Waals surface area contributed by atoms with Crippen LogP contribution < -0.4 is 15.2 Å². The van der Waals surface area contributed by atoms with Crippen LogP contribution in [0.25, 0.3) is 50.5 Å². The molecular weight excluding hydrogens is 605 g/mol. The lowest BCUT2D eigenvalue weighted by atomic mass is 9.76. The highest BCUT2D eigenvalue weighted by molar-refractivity contribution is 7.19. The van der Waals surface area contributed by atoms with Crippen LogP contribution in [-0.4, -0.2) is 12.3 Å². The number of hydrogen-bond donors (Lipinski definition) is 0. The predicted molar refractivity (Wildman–Crippen MR) is 205 cm³/mol. The van der Waals surface area contributed by atoms with Gasteiger partial charge in [-0.2, -0.15) is 4.57 Å². The maximum atomic E-state index is 6.30. The van der Waals surface area contributed by atoms with Crippen molar-refractivity contribution < 1.29 is 8.98 Å². The molecular formula is C44H41N2OS+. The molecule has 3 atom stereocenters. The first kappa shape index (κ1) is 31.5. The molecule has 238 valence electrons. The van der Waals surface area contributed by atoms with E-state index in [1.54, 1.807) is 11.3 Å². The summed E-state index contributed by atoms with van der Waals surface area (Å²) in [4.78, 5) is 6.68. The normalized spacial score (nSPS) is 17.2. The maximum Gasteiger partial charge on any atom is 0.213 e. The highest BCUT2D eigenvalue weighted by atomic mass is 32.1. The number of benzene rings is 3. The molecule has 0 radical (unpaired) electrons. The van der Waals surface area contributed by atoms with E-state index in [1.165, 1.54) is 48.5 Å². The van der Waals surface area contributed by atoms with E-state index in [0.717, 1.165) is 32.9 Å². The third-order valence-corrected chi connectivity index (χ3v) is 10.8. The van der Waals surface area contributed by atoms with Gasteiger partial charge in [0.05, 0.1) is 16.7 Å². The summed E-state index contributed by atoms with van der Waals surface area (Å²) in [6.45, 7) is 23.9. The zero-order chi connectivity index (χ0) is 33.7. The topological polar surface area (TPSA) is 29.4 Å². The smallest absolute Gasteiger partial charge is 0.213 e. The van der Waals surface area contributed by atoms with Crippen molar-refractivity contribution in [1.29, 1.82) is 0 Å². The van der Waals surface area contributed by atoms with Crippen LogP contribution in [0.4, 0.5) is 0 Å². The Morgan fingerprint density at radius 2 is 1.75 bits per heavy atom. The van der Waals surface area contributed by atoms with Crippen LogP contribution in [0, 0.1) is 27.7 Å². The predicted octanol–water partition coefficient (Wildman–Crippen LogP) is 9.65. The second kappa shape index (κ2) is 12.5. The summed E-state index contributed by atoms with van der Waals surface area (Å²) < 4.78 is 9.84. The van der Waals surface area contributed by atoms with Crippen molar-refractivity contribution in [1.82, 2.24) is 0 Å². The second-order valence-corrected chi connectivity index (χ2v) is 14.3. The summed E-state index contributed by atoms with van der Waals surface area (Å²) in [5.74, 6) is -0.00120. The molecule has 6 aromatic rings. The zero-order valence-electron chi connectivity index (χ0n) is 28.4. The van der Waals surface area contributed by atoms with Gasteiger partial charge >= 0.3 is 0 Å². The van der Waals surface area contributed by atoms with E-state index in [1.807, 2.05) is 6.21 Å². The molecule has 7 rings (SSSR count). The molecule has 3 aromatic carbocycles. The fourth-order valence-electron chi connectivity index (χ4n) is 7.49. The summed E-state index contributed by atoms with van der Waals surface area (Å²) in [5, 5.41) is 3.28. The van der Waals surface area contributed by atoms with Gasteiger partial charge in [0.15, 0.2) is 17.8 Å². The molecule has 48 heavy (non-hydrogen) atoms. The quantitative estimate of drug-likeness (QED) is 0.0966. The van der Waals surface area contributed by atoms with Gasteiger partial charge in [0, 0.05) is 38.9 Å². The van der Waals surface area contributed by atoms with Gasteiger partial charge in [0.1, 0.15) is 5.42 Å². The molecule has 0 bridgehead atoms. The number of pyridine rings is 1. The summed E-state index contributed by atoms with van der Waals surface area (Å²) in [5.41, 5.74) is 12.0. The standard InChI is InChI=1S/C44H41N2OS/c1-9-38-41(36-16-11-10-15-35(36)39-22-17-26(2)25-46(38)39)42(45-24-30(6)40-27(3)13-12-14-28(40)4)29(5)18-20-34-32(8)47-43-37(34)21-19-33-23-31(7)48-44(33)43/h9-25,38,41-42H,1,6,8H2,2-5,7H3/q+1/b29-18+,34-20+,45-24?. The lowest BCUT2D eigenvalue weighted by Crippen LogP contribution is -2.49. The summed E-state index contributed by atoms with van der Waals surface area (Å²) in [7, 11) is 0. The third kappa shape index (κ3) is 5.40. The van der Waals surface area contributed by atoms with E-state index >= 15 is 0 Å². The van der Waals surface area contributed by atoms with Crippen molar-refractivity contribution in [2.75, 3.05) is 0 Å². The number of fused-ring (bicyclic) bond motifs is 6. The first-order chi connectivity index (χ1) is 23.2. The number of aryl methyl sites for hydroxylation is 4. The number of aliphatic imine (C=N–C) groups is 1. The molecule has 3 aromatic heterocycles. The minimum Gasteiger partial charge on any atom is -0.455 e. The van der Waals surface area contributed by atoms with Crippen molar-refractivity contribution in [3.63, 3.8) is 0 Å². The summed E-state index contributed by atoms with van der Waals surface area (Å²) in [6, 6.07) is 25.8. The van der Waals surface area contributed by atoms with Crippen LogP contribution >= 0.6 is 11.3 Å². The number of allylic oxidation sites excluding steroid dienone is 3. The van der Waals surface area contributed by atoms with Crippen LogP contribution in [0.2, 0.25) is 0 Å². The molecule has 0 fully saturated rings. The number of nitrogens with zero attached hydrogens (tertiary/aromatic N) is 2. The van der Waals surface area contributed by atoms with E-state index in [-0.39, 0.29) is 18.0 Å². The van der Waals surface area contributed by atoms with E-state index in [4.69, 9.17) is 9.41 Å². The molecule has 4 heteroatoms. The van der Waals surface area contributed by atoms with Crippen LogP contribution in [0.3, 0.4) is 0 Å². The molecule has 1 aliphatic rings. The second-order valence-electron chi connectivity index (χ2n) is 13.1. The highest BCUT2D eigenvalue weighted by Gasteiger charge is 2.43. The highest BCUT2D eigenvalue weighted by Crippen LogP contribution is 2.43. The monoisotopic (exact) mass is 645 g/mol. The summed E-state index contributed by atoms with van der Waals surface area (Å²) >= 11 is 1.76. The number of thiophene rings is 1. The van der Waals surface area contributed by atoms with Gasteiger partial charge in [-0.1, -0.05) is 74.4 Å². The van der Waals surface area contributed by atoms with Gasteiger partial charge in [0.2, 0.25) is 5.69 Å². The Labute approximate surface area is 286 Å². The Balaban J connectivity index is 1.41. The Hall–Kier alpha value is -5.06. The fraction of sp³-hybridized carbons (Fsp3) is 0.182. The number of hydrogen-bond acceptors (Lipinski definition) is 3. The molecule has 3 nitrogen and oxygen atoms in total. The van der Waals surface area contributed by atoms with Gasteiger partial charge in [-0.05, 0) is 104 Å². The van der Waals surface area contributed by atoms with Crippen LogP contribution in [0.5, 0.6) is 0 Å². The van der Waals surface area contributed by atoms with Crippen LogP contribution in [0.1, 0.15) is 51.6 Å². The maximum absolute atomic E-state index is 6.30. The van der Waals surface area contributed by atoms with Crippen LogP contribution in [0.15, 0.2) is 119 Å². The molecule has 0 spiro atoms. The SMILES string of the molecule is C=CC1C(C(N=CC(=C)c2c(C)cccc2C)/C(C)=C/C=c2\c(=C)oc3c2ccc2cc(C)sc23)c2ccccc2-c2ccc(C)c[n+]21. The van der Waals surface area contributed by atoms with Crippen molar-refractivity contribution in [2.45, 2.75) is 52.6 Å². The minimum atomic E-state index is -0.203. The zero-order valence-corrected chi connectivity index (χ0v) is 29.2. The Morgan fingerprint density at radius 3 is 2.52 bits per heavy atom. The molecule has 0 aliphatic carbocycles. The molecule has 4 heterocycles. The van der Waals surface area contributed by atoms with Crippen molar-refractivity contribution in [2.24, 2.45) is 4.99 Å². The van der Waals surface area contributed by atoms with E-state index in [2.05, 4.69) is 156 Å². The van der Waals surface area contributed by atoms with E-state index in [9.17, 15) is 0 Å². The third-order valence-electron chi connectivity index (χ3n) is 9.74. The number of aromatic nitrogens is 1. The lowest BCUT2D eigenvalue weighted by molar-refractivity contribution is -0.707. The molecule has 0 saturated carbocycles. The van der Waals surface area contributed by atoms with Crippen molar-refractivity contribution >= 4 is 56.8 Å². The van der Waals surface area contributed by atoms with E-state index < -0.39 is 0 Å². The molecule has 0 amide bonds. The Kier molecular flexibility index (Phi) is 8.22. The molecule has 0 N–H and O–H groups in total. The van der Waals surface area contributed by atoms with Gasteiger partial charge < -0.3 is 4.42 Å². The van der Waals surface area contributed by atoms with Gasteiger partial charge in [0.25, 0.3) is 0 Å². The number of furan rings is 1. The Morgan fingerprint density at radius 1 is 0.979 bits per heavy atom. The first-order valence-corrected chi connectivity index (χ1v) is 17.3. The first-order valence-electron chi connectivity index (χ1n) is 16.5. The molecule has 3 unspecified atom stereocenters. The van der Waals surface area contributed by atoms with Gasteiger partial charge in [-0.25, -0.2) is 0 Å². The average Bonchev–Trinajstić information content (AvgIpc) is 3.61. The van der Waals surface area contributed by atoms with Crippen molar-refractivity contribution in [3.8, 4) is 11.3 Å². The van der Waals surface area contributed by atoms with Crippen molar-refractivity contribution in [3.05, 3.63) is 153 Å². The average molecular weight is 646 g/mol. The summed E-state index contributed by atoms with van der Waals surface area (Å²) in [6.07, 6.45) is 10.7. The largest absolute Gasteiger partial charge is 0.455 e.